The summed E-state index contributed by atoms with van der Waals surface area (Å²) in [5.74, 6) is 2.92. The molecule has 4 aliphatic carbocycles. The van der Waals surface area contributed by atoms with E-state index in [-0.39, 0.29) is 29.6 Å². The molecule has 0 N–H and O–H groups in total. The van der Waals surface area contributed by atoms with E-state index in [0.29, 0.717) is 30.1 Å². The Kier molecular flexibility index (Phi) is 23.9. The topological polar surface area (TPSA) is 52.6 Å². The van der Waals surface area contributed by atoms with Gasteiger partial charge in [0.1, 0.15) is 12.2 Å². The zero-order valence-corrected chi connectivity index (χ0v) is 39.1. The van der Waals surface area contributed by atoms with Crippen molar-refractivity contribution in [3.05, 3.63) is 48.6 Å². The SMILES string of the molecule is CCCCC/C=C\C/C=C\CCCCCCCC(=O)O[C@H]1CC[C@@]2(C)[C@@H](CC[C@@H]3[C@@H]2CC[C@]2(C)[C@@H](OC(=O)CCCCCCC/C=C\C/C=C\CCCCC)CC[C@@H]32)C1. The van der Waals surface area contributed by atoms with Crippen LogP contribution in [0.2, 0.25) is 0 Å². The Bertz CT molecular complexity index is 1280. The maximum atomic E-state index is 13.1. The summed E-state index contributed by atoms with van der Waals surface area (Å²) in [5.41, 5.74) is 0.482. The normalized spacial score (nSPS) is 29.4. The average Bonchev–Trinajstić information content (AvgIpc) is 3.56. The Labute approximate surface area is 364 Å². The molecule has 0 amide bonds. The van der Waals surface area contributed by atoms with Gasteiger partial charge in [0.05, 0.1) is 0 Å². The summed E-state index contributed by atoms with van der Waals surface area (Å²) in [7, 11) is 0. The Morgan fingerprint density at radius 1 is 0.492 bits per heavy atom. The van der Waals surface area contributed by atoms with Gasteiger partial charge in [-0.3, -0.25) is 9.59 Å². The average molecular weight is 817 g/mol. The van der Waals surface area contributed by atoms with Gasteiger partial charge < -0.3 is 9.47 Å². The molecular formula is C55H92O4. The van der Waals surface area contributed by atoms with Crippen LogP contribution < -0.4 is 0 Å². The van der Waals surface area contributed by atoms with E-state index < -0.39 is 0 Å². The summed E-state index contributed by atoms with van der Waals surface area (Å²) in [6.07, 6.45) is 56.9. The second kappa shape index (κ2) is 28.5. The number of carbonyl (C=O) groups excluding carboxylic acids is 2. The molecule has 4 saturated carbocycles. The smallest absolute Gasteiger partial charge is 0.306 e. The van der Waals surface area contributed by atoms with E-state index in [1.807, 2.05) is 0 Å². The molecule has 0 radical (unpaired) electrons. The van der Waals surface area contributed by atoms with Crippen LogP contribution in [-0.2, 0) is 19.1 Å². The first-order chi connectivity index (χ1) is 28.8. The van der Waals surface area contributed by atoms with Crippen molar-refractivity contribution in [1.82, 2.24) is 0 Å². The van der Waals surface area contributed by atoms with Crippen LogP contribution in [0, 0.1) is 34.5 Å². The molecule has 0 heterocycles. The monoisotopic (exact) mass is 817 g/mol. The van der Waals surface area contributed by atoms with Crippen LogP contribution >= 0.6 is 0 Å². The van der Waals surface area contributed by atoms with Gasteiger partial charge in [-0.25, -0.2) is 0 Å². The van der Waals surface area contributed by atoms with E-state index in [2.05, 4.69) is 76.3 Å². The third-order valence-electron chi connectivity index (χ3n) is 15.8. The van der Waals surface area contributed by atoms with Crippen molar-refractivity contribution < 1.29 is 19.1 Å². The fourth-order valence-electron chi connectivity index (χ4n) is 12.1. The number of ether oxygens (including phenoxy) is 2. The number of fused-ring (bicyclic) bond motifs is 5. The molecule has 4 nitrogen and oxygen atoms in total. The van der Waals surface area contributed by atoms with Crippen LogP contribution in [0.25, 0.3) is 0 Å². The Morgan fingerprint density at radius 3 is 1.53 bits per heavy atom. The van der Waals surface area contributed by atoms with Crippen molar-refractivity contribution in [1.29, 1.82) is 0 Å². The lowest BCUT2D eigenvalue weighted by molar-refractivity contribution is -0.170. The molecule has 0 aromatic heterocycles. The highest BCUT2D eigenvalue weighted by molar-refractivity contribution is 5.70. The minimum atomic E-state index is 0.0356. The van der Waals surface area contributed by atoms with Crippen LogP contribution in [0.5, 0.6) is 0 Å². The fourth-order valence-corrected chi connectivity index (χ4v) is 12.1. The van der Waals surface area contributed by atoms with E-state index in [4.69, 9.17) is 9.47 Å². The number of unbranched alkanes of at least 4 members (excludes halogenated alkanes) is 16. The number of rotatable bonds is 30. The van der Waals surface area contributed by atoms with Gasteiger partial charge in [-0.2, -0.15) is 0 Å². The number of carbonyl (C=O) groups is 2. The van der Waals surface area contributed by atoms with Crippen molar-refractivity contribution in [3.63, 3.8) is 0 Å². The molecule has 0 unspecified atom stereocenters. The van der Waals surface area contributed by atoms with Gasteiger partial charge in [-0.1, -0.05) is 141 Å². The lowest BCUT2D eigenvalue weighted by Gasteiger charge is -2.60. The van der Waals surface area contributed by atoms with Gasteiger partial charge in [0.2, 0.25) is 0 Å². The Hall–Kier alpha value is -2.10. The maximum absolute atomic E-state index is 13.1. The second-order valence-corrected chi connectivity index (χ2v) is 20.1. The van der Waals surface area contributed by atoms with E-state index >= 15 is 0 Å². The lowest BCUT2D eigenvalue weighted by atomic mass is 9.45. The van der Waals surface area contributed by atoms with Crippen molar-refractivity contribution in [3.8, 4) is 0 Å². The van der Waals surface area contributed by atoms with E-state index in [9.17, 15) is 9.59 Å². The molecule has 4 rings (SSSR count). The molecule has 0 aliphatic heterocycles. The van der Waals surface area contributed by atoms with E-state index in [1.54, 1.807) is 0 Å². The quantitative estimate of drug-likeness (QED) is 0.0412. The van der Waals surface area contributed by atoms with Gasteiger partial charge in [-0.15, -0.1) is 0 Å². The Balaban J connectivity index is 1.05. The van der Waals surface area contributed by atoms with Crippen LogP contribution in [0.4, 0.5) is 0 Å². The molecule has 4 heteroatoms. The summed E-state index contributed by atoms with van der Waals surface area (Å²) < 4.78 is 12.5. The zero-order chi connectivity index (χ0) is 42.0. The van der Waals surface area contributed by atoms with Gasteiger partial charge >= 0.3 is 11.9 Å². The largest absolute Gasteiger partial charge is 0.462 e. The molecule has 336 valence electrons. The van der Waals surface area contributed by atoms with E-state index in [0.717, 1.165) is 69.6 Å². The number of hydrogen-bond acceptors (Lipinski definition) is 4. The predicted octanol–water partition coefficient (Wildman–Crippen LogP) is 16.5. The summed E-state index contributed by atoms with van der Waals surface area (Å²) in [4.78, 5) is 26.0. The highest BCUT2D eigenvalue weighted by Gasteiger charge is 2.61. The minimum Gasteiger partial charge on any atom is -0.462 e. The molecule has 59 heavy (non-hydrogen) atoms. The molecule has 0 aromatic carbocycles. The van der Waals surface area contributed by atoms with Gasteiger partial charge in [-0.05, 0) is 164 Å². The predicted molar refractivity (Wildman–Crippen MR) is 250 cm³/mol. The van der Waals surface area contributed by atoms with Crippen LogP contribution in [-0.4, -0.2) is 24.1 Å². The fraction of sp³-hybridized carbons (Fsp3) is 0.818. The van der Waals surface area contributed by atoms with Crippen molar-refractivity contribution in [2.45, 2.75) is 252 Å². The number of hydrogen-bond donors (Lipinski definition) is 0. The summed E-state index contributed by atoms with van der Waals surface area (Å²) in [5, 5.41) is 0. The first-order valence-electron chi connectivity index (χ1n) is 25.8. The molecule has 0 aromatic rings. The van der Waals surface area contributed by atoms with Crippen LogP contribution in [0.3, 0.4) is 0 Å². The third-order valence-corrected chi connectivity index (χ3v) is 15.8. The molecule has 8 atom stereocenters. The standard InChI is InChI=1S/C55H92O4/c1-5-7-9-11-13-15-17-19-21-23-25-27-29-31-33-35-52(56)58-47-41-43-54(3)46(45-47)37-38-48-49-39-40-51(55(49,4)44-42-50(48)54)59-53(57)36-34-32-30-28-26-24-22-20-18-16-14-12-10-8-6-2/h13-16,19-22,46-51H,5-12,17-18,23-45H2,1-4H3/b15-13-,16-14-,21-19-,22-20-/t46-,47-,48-,49-,50-,51-,54-,55-/m0/s1. The molecule has 0 saturated heterocycles. The molecule has 4 aliphatic rings. The Morgan fingerprint density at radius 2 is 0.966 bits per heavy atom. The number of allylic oxidation sites excluding steroid dienone is 8. The van der Waals surface area contributed by atoms with Gasteiger partial charge in [0.25, 0.3) is 0 Å². The minimum absolute atomic E-state index is 0.0356. The first-order valence-corrected chi connectivity index (χ1v) is 25.8. The maximum Gasteiger partial charge on any atom is 0.306 e. The first kappa shape index (κ1) is 49.6. The highest BCUT2D eigenvalue weighted by Crippen LogP contribution is 2.66. The van der Waals surface area contributed by atoms with Crippen LogP contribution in [0.1, 0.15) is 240 Å². The van der Waals surface area contributed by atoms with Crippen molar-refractivity contribution in [2.24, 2.45) is 34.5 Å². The van der Waals surface area contributed by atoms with E-state index in [1.165, 1.54) is 141 Å². The molecule has 0 spiro atoms. The second-order valence-electron chi connectivity index (χ2n) is 20.1. The van der Waals surface area contributed by atoms with Crippen molar-refractivity contribution in [2.75, 3.05) is 0 Å². The molecular weight excluding hydrogens is 725 g/mol. The van der Waals surface area contributed by atoms with Crippen LogP contribution in [0.15, 0.2) is 48.6 Å². The van der Waals surface area contributed by atoms with Gasteiger partial charge in [0.15, 0.2) is 0 Å². The molecule has 0 bridgehead atoms. The molecule has 4 fully saturated rings. The third kappa shape index (κ3) is 16.9. The summed E-state index contributed by atoms with van der Waals surface area (Å²) in [6, 6.07) is 0. The summed E-state index contributed by atoms with van der Waals surface area (Å²) in [6.45, 7) is 9.58. The summed E-state index contributed by atoms with van der Waals surface area (Å²) >= 11 is 0. The van der Waals surface area contributed by atoms with Crippen molar-refractivity contribution >= 4 is 11.9 Å². The van der Waals surface area contributed by atoms with Gasteiger partial charge in [0, 0.05) is 18.3 Å². The number of esters is 2. The lowest BCUT2D eigenvalue weighted by Crippen LogP contribution is -2.55. The zero-order valence-electron chi connectivity index (χ0n) is 39.1. The highest BCUT2D eigenvalue weighted by atomic mass is 16.5.